The minimum absolute atomic E-state index is 0.314. The number of alkyl halides is 5. The Kier molecular flexibility index (Phi) is 3.67. The average Bonchev–Trinajstić information content (AvgIpc) is 2.13. The molecule has 1 aromatic rings. The van der Waals surface area contributed by atoms with Crippen molar-refractivity contribution in [2.75, 3.05) is 0 Å². The number of hydrogen-bond donors (Lipinski definition) is 0. The third-order valence-corrected chi connectivity index (χ3v) is 1.84. The van der Waals surface area contributed by atoms with Crippen molar-refractivity contribution in [1.82, 2.24) is 4.98 Å². The number of nitrogens with zero attached hydrogens (tertiary/aromatic N) is 2. The molecule has 0 atom stereocenters. The summed E-state index contributed by atoms with van der Waals surface area (Å²) in [6, 6.07) is 0.314. The molecule has 5 nitrogen and oxygen atoms in total. The number of aryl methyl sites for hydroxylation is 1. The van der Waals surface area contributed by atoms with E-state index >= 15 is 0 Å². The number of aromatic nitrogens is 1. The number of pyridine rings is 1. The van der Waals surface area contributed by atoms with Crippen LogP contribution in [0.3, 0.4) is 0 Å². The lowest BCUT2D eigenvalue weighted by Gasteiger charge is -2.10. The molecule has 0 bridgehead atoms. The largest absolute Gasteiger partial charge is 0.574 e. The number of rotatable bonds is 3. The maximum atomic E-state index is 12.4. The Balaban J connectivity index is 3.34. The smallest absolute Gasteiger partial charge is 0.381 e. The van der Waals surface area contributed by atoms with Crippen molar-refractivity contribution >= 4 is 5.69 Å². The van der Waals surface area contributed by atoms with Crippen LogP contribution in [0.15, 0.2) is 6.07 Å². The summed E-state index contributed by atoms with van der Waals surface area (Å²) in [6.45, 7) is 0.994. The molecule has 100 valence electrons. The molecule has 18 heavy (non-hydrogen) atoms. The lowest BCUT2D eigenvalue weighted by molar-refractivity contribution is -0.389. The normalized spacial score (nSPS) is 11.7. The van der Waals surface area contributed by atoms with E-state index in [9.17, 15) is 32.1 Å². The molecule has 0 fully saturated rings. The Hall–Kier alpha value is -2.00. The van der Waals surface area contributed by atoms with Crippen LogP contribution in [0.5, 0.6) is 5.88 Å². The molecule has 0 N–H and O–H groups in total. The van der Waals surface area contributed by atoms with Crippen molar-refractivity contribution in [1.29, 1.82) is 0 Å². The summed E-state index contributed by atoms with van der Waals surface area (Å²) in [6.07, 6.45) is -8.28. The highest BCUT2D eigenvalue weighted by Crippen LogP contribution is 2.34. The van der Waals surface area contributed by atoms with Crippen LogP contribution in [0.1, 0.15) is 17.7 Å². The Labute approximate surface area is 96.3 Å². The van der Waals surface area contributed by atoms with Gasteiger partial charge in [0.05, 0.1) is 10.6 Å². The van der Waals surface area contributed by atoms with Crippen LogP contribution in [0.2, 0.25) is 0 Å². The van der Waals surface area contributed by atoms with E-state index in [1.807, 2.05) is 0 Å². The molecule has 0 aromatic carbocycles. The van der Waals surface area contributed by atoms with Crippen molar-refractivity contribution in [3.8, 4) is 5.88 Å². The van der Waals surface area contributed by atoms with Gasteiger partial charge in [0.2, 0.25) is 0 Å². The first-order valence-corrected chi connectivity index (χ1v) is 4.31. The van der Waals surface area contributed by atoms with Crippen molar-refractivity contribution < 1.29 is 31.6 Å². The first-order chi connectivity index (χ1) is 8.11. The third kappa shape index (κ3) is 3.25. The van der Waals surface area contributed by atoms with Gasteiger partial charge < -0.3 is 4.74 Å². The van der Waals surface area contributed by atoms with E-state index in [0.29, 0.717) is 6.07 Å². The molecule has 0 aliphatic rings. The summed E-state index contributed by atoms with van der Waals surface area (Å²) in [5.41, 5.74) is -2.57. The van der Waals surface area contributed by atoms with Crippen molar-refractivity contribution in [3.05, 3.63) is 27.4 Å². The van der Waals surface area contributed by atoms with Gasteiger partial charge in [0.1, 0.15) is 0 Å². The van der Waals surface area contributed by atoms with Crippen molar-refractivity contribution in [2.45, 2.75) is 19.7 Å². The van der Waals surface area contributed by atoms with E-state index < -0.39 is 40.5 Å². The van der Waals surface area contributed by atoms with Crippen LogP contribution in [-0.4, -0.2) is 16.3 Å². The second-order valence-electron chi connectivity index (χ2n) is 3.09. The van der Waals surface area contributed by atoms with Crippen LogP contribution in [0.4, 0.5) is 27.6 Å². The lowest BCUT2D eigenvalue weighted by Crippen LogP contribution is -2.19. The second-order valence-corrected chi connectivity index (χ2v) is 3.09. The van der Waals surface area contributed by atoms with E-state index in [2.05, 4.69) is 9.72 Å². The summed E-state index contributed by atoms with van der Waals surface area (Å²) in [5.74, 6) is -1.37. The van der Waals surface area contributed by atoms with Gasteiger partial charge in [-0.05, 0) is 6.92 Å². The van der Waals surface area contributed by atoms with E-state index in [4.69, 9.17) is 0 Å². The van der Waals surface area contributed by atoms with Gasteiger partial charge in [0, 0.05) is 11.6 Å². The quantitative estimate of drug-likeness (QED) is 0.481. The summed E-state index contributed by atoms with van der Waals surface area (Å²) in [5, 5.41) is 10.5. The Bertz CT molecular complexity index is 475. The number of ether oxygens (including phenoxy) is 1. The summed E-state index contributed by atoms with van der Waals surface area (Å²) in [4.78, 5) is 12.2. The molecule has 0 unspecified atom stereocenters. The minimum Gasteiger partial charge on any atom is -0.381 e. The maximum Gasteiger partial charge on any atom is 0.574 e. The molecule has 0 aliphatic carbocycles. The van der Waals surface area contributed by atoms with Gasteiger partial charge in [-0.2, -0.15) is 0 Å². The Morgan fingerprint density at radius 2 is 2.00 bits per heavy atom. The van der Waals surface area contributed by atoms with Gasteiger partial charge in [0.15, 0.2) is 0 Å². The fourth-order valence-corrected chi connectivity index (χ4v) is 1.12. The van der Waals surface area contributed by atoms with E-state index in [1.165, 1.54) is 0 Å². The Morgan fingerprint density at radius 3 is 2.39 bits per heavy atom. The standard InChI is InChI=1S/C8H5F5N2O3/c1-3-4(6(9)10)2-5(15(16)17)7(14-3)18-8(11,12)13/h2,6H,1H3. The first kappa shape index (κ1) is 14.1. The molecular weight excluding hydrogens is 267 g/mol. The van der Waals surface area contributed by atoms with Gasteiger partial charge >= 0.3 is 17.9 Å². The van der Waals surface area contributed by atoms with Crippen LogP contribution >= 0.6 is 0 Å². The first-order valence-electron chi connectivity index (χ1n) is 4.31. The number of hydrogen-bond acceptors (Lipinski definition) is 4. The minimum atomic E-state index is -5.20. The summed E-state index contributed by atoms with van der Waals surface area (Å²) in [7, 11) is 0. The molecule has 10 heteroatoms. The highest BCUT2D eigenvalue weighted by Gasteiger charge is 2.36. The number of halogens is 5. The van der Waals surface area contributed by atoms with Gasteiger partial charge in [-0.3, -0.25) is 10.1 Å². The zero-order valence-electron chi connectivity index (χ0n) is 8.66. The van der Waals surface area contributed by atoms with Crippen molar-refractivity contribution in [3.63, 3.8) is 0 Å². The molecule has 1 heterocycles. The zero-order chi connectivity index (χ0) is 14.1. The second kappa shape index (κ2) is 4.70. The molecular formula is C8H5F5N2O3. The fraction of sp³-hybridized carbons (Fsp3) is 0.375. The van der Waals surface area contributed by atoms with E-state index in [1.54, 1.807) is 0 Å². The molecule has 1 aromatic heterocycles. The van der Waals surface area contributed by atoms with Crippen LogP contribution < -0.4 is 4.74 Å². The Morgan fingerprint density at radius 1 is 1.44 bits per heavy atom. The predicted octanol–water partition coefficient (Wildman–Crippen LogP) is 3.13. The molecule has 0 saturated heterocycles. The van der Waals surface area contributed by atoms with Crippen LogP contribution in [0, 0.1) is 17.0 Å². The van der Waals surface area contributed by atoms with Crippen LogP contribution in [0.25, 0.3) is 0 Å². The highest BCUT2D eigenvalue weighted by atomic mass is 19.4. The van der Waals surface area contributed by atoms with Gasteiger partial charge in [-0.25, -0.2) is 13.8 Å². The van der Waals surface area contributed by atoms with Crippen LogP contribution in [-0.2, 0) is 0 Å². The fourth-order valence-electron chi connectivity index (χ4n) is 1.12. The molecule has 0 spiro atoms. The predicted molar refractivity (Wildman–Crippen MR) is 47.3 cm³/mol. The molecule has 1 rings (SSSR count). The van der Waals surface area contributed by atoms with Gasteiger partial charge in [0.25, 0.3) is 6.43 Å². The topological polar surface area (TPSA) is 65.3 Å². The maximum absolute atomic E-state index is 12.4. The average molecular weight is 272 g/mol. The zero-order valence-corrected chi connectivity index (χ0v) is 8.66. The molecule has 0 radical (unpaired) electrons. The number of nitro groups is 1. The SMILES string of the molecule is Cc1nc(OC(F)(F)F)c([N+](=O)[O-])cc1C(F)F. The molecule has 0 amide bonds. The van der Waals surface area contributed by atoms with E-state index in [0.717, 1.165) is 6.92 Å². The van der Waals surface area contributed by atoms with E-state index in [-0.39, 0.29) is 0 Å². The van der Waals surface area contributed by atoms with Crippen molar-refractivity contribution in [2.24, 2.45) is 0 Å². The highest BCUT2D eigenvalue weighted by molar-refractivity contribution is 5.45. The molecule has 0 aliphatic heterocycles. The molecule has 0 saturated carbocycles. The monoisotopic (exact) mass is 272 g/mol. The third-order valence-electron chi connectivity index (χ3n) is 1.84. The summed E-state index contributed by atoms with van der Waals surface area (Å²) >= 11 is 0. The van der Waals surface area contributed by atoms with Gasteiger partial charge in [-0.15, -0.1) is 13.2 Å². The lowest BCUT2D eigenvalue weighted by atomic mass is 10.2. The van der Waals surface area contributed by atoms with Gasteiger partial charge in [-0.1, -0.05) is 0 Å². The summed E-state index contributed by atoms with van der Waals surface area (Å²) < 4.78 is 64.0.